The third kappa shape index (κ3) is 5.60. The first-order chi connectivity index (χ1) is 13.1. The fourth-order valence-corrected chi connectivity index (χ4v) is 3.77. The number of pyridine rings is 1. The number of rotatable bonds is 6. The van der Waals surface area contributed by atoms with Gasteiger partial charge in [-0.05, 0) is 68.5 Å². The lowest BCUT2D eigenvalue weighted by Gasteiger charge is -2.23. The molecule has 28 heavy (non-hydrogen) atoms. The van der Waals surface area contributed by atoms with Gasteiger partial charge in [0.1, 0.15) is 5.56 Å². The monoisotopic (exact) mass is 423 g/mol. The number of nitrogens with one attached hydrogen (secondary N) is 2. The van der Waals surface area contributed by atoms with E-state index in [0.29, 0.717) is 36.0 Å². The predicted octanol–water partition coefficient (Wildman–Crippen LogP) is 3.20. The Balaban J connectivity index is 0.00000280. The van der Waals surface area contributed by atoms with Crippen LogP contribution in [0.2, 0.25) is 5.02 Å². The van der Waals surface area contributed by atoms with Crippen LogP contribution >= 0.6 is 24.0 Å². The molecule has 7 heteroatoms. The van der Waals surface area contributed by atoms with Gasteiger partial charge >= 0.3 is 0 Å². The van der Waals surface area contributed by atoms with E-state index in [0.717, 1.165) is 31.5 Å². The molecule has 2 N–H and O–H groups in total. The highest BCUT2D eigenvalue weighted by Gasteiger charge is 2.19. The van der Waals surface area contributed by atoms with Crippen molar-refractivity contribution in [3.05, 3.63) is 68.6 Å². The Morgan fingerprint density at radius 3 is 2.82 bits per heavy atom. The van der Waals surface area contributed by atoms with Crippen molar-refractivity contribution in [1.29, 1.82) is 0 Å². The molecule has 0 bridgehead atoms. The minimum Gasteiger partial charge on any atom is -0.352 e. The van der Waals surface area contributed by atoms with E-state index in [1.807, 2.05) is 30.3 Å². The van der Waals surface area contributed by atoms with Crippen molar-refractivity contribution < 1.29 is 4.79 Å². The van der Waals surface area contributed by atoms with Crippen LogP contribution < -0.4 is 16.2 Å². The lowest BCUT2D eigenvalue weighted by Crippen LogP contribution is -2.38. The summed E-state index contributed by atoms with van der Waals surface area (Å²) < 4.78 is 1.67. The number of aryl methyl sites for hydroxylation is 1. The number of hydrogen-bond donors (Lipinski definition) is 2. The van der Waals surface area contributed by atoms with Gasteiger partial charge in [0.25, 0.3) is 11.5 Å². The highest BCUT2D eigenvalue weighted by atomic mass is 35.5. The highest BCUT2D eigenvalue weighted by Crippen LogP contribution is 2.15. The van der Waals surface area contributed by atoms with Crippen LogP contribution in [0.4, 0.5) is 0 Å². The maximum Gasteiger partial charge on any atom is 0.263 e. The number of amides is 1. The predicted molar refractivity (Wildman–Crippen MR) is 116 cm³/mol. The molecule has 1 amide bonds. The number of hydrogen-bond acceptors (Lipinski definition) is 3. The van der Waals surface area contributed by atoms with Crippen molar-refractivity contribution >= 4 is 29.9 Å². The van der Waals surface area contributed by atoms with E-state index in [-0.39, 0.29) is 29.4 Å². The second-order valence-corrected chi connectivity index (χ2v) is 7.55. The zero-order valence-corrected chi connectivity index (χ0v) is 17.6. The van der Waals surface area contributed by atoms with Gasteiger partial charge in [0, 0.05) is 24.3 Å². The number of benzene rings is 1. The van der Waals surface area contributed by atoms with Crippen LogP contribution in [0.1, 0.15) is 34.3 Å². The van der Waals surface area contributed by atoms with Crippen LogP contribution in [0, 0.1) is 12.8 Å². The molecule has 3 rings (SSSR count). The zero-order chi connectivity index (χ0) is 19.2. The molecule has 2 heterocycles. The van der Waals surface area contributed by atoms with Gasteiger partial charge in [0.05, 0.1) is 0 Å². The molecule has 0 radical (unpaired) electrons. The minimum atomic E-state index is -0.319. The van der Waals surface area contributed by atoms with Gasteiger partial charge in [-0.2, -0.15) is 0 Å². The SMILES string of the molecule is Cc1ccn(CC2CCCNC2)c(=O)c1C(=O)NCCc1ccccc1Cl.Cl. The second kappa shape index (κ2) is 10.6. The smallest absolute Gasteiger partial charge is 0.263 e. The average Bonchev–Trinajstić information content (AvgIpc) is 2.66. The molecule has 1 aromatic heterocycles. The van der Waals surface area contributed by atoms with Gasteiger partial charge in [-0.25, -0.2) is 0 Å². The van der Waals surface area contributed by atoms with Gasteiger partial charge in [-0.3, -0.25) is 9.59 Å². The topological polar surface area (TPSA) is 63.1 Å². The summed E-state index contributed by atoms with van der Waals surface area (Å²) in [6.45, 7) is 4.84. The lowest BCUT2D eigenvalue weighted by molar-refractivity contribution is 0.0951. The number of carbonyl (C=O) groups is 1. The summed E-state index contributed by atoms with van der Waals surface area (Å²) in [5, 5.41) is 6.92. The van der Waals surface area contributed by atoms with Crippen LogP contribution in [-0.4, -0.2) is 30.1 Å². The molecule has 5 nitrogen and oxygen atoms in total. The molecule has 1 aromatic carbocycles. The van der Waals surface area contributed by atoms with E-state index < -0.39 is 0 Å². The number of piperidine rings is 1. The standard InChI is InChI=1S/C21H26ClN3O2.ClH/c1-15-9-12-25(14-16-5-4-10-23-13-16)21(27)19(15)20(26)24-11-8-17-6-2-3-7-18(17)22;/h2-3,6-7,9,12,16,23H,4-5,8,10-11,13-14H2,1H3,(H,24,26);1H. The fourth-order valence-electron chi connectivity index (χ4n) is 3.54. The second-order valence-electron chi connectivity index (χ2n) is 7.14. The van der Waals surface area contributed by atoms with E-state index in [2.05, 4.69) is 10.6 Å². The normalized spacial score (nSPS) is 16.3. The first kappa shape index (κ1) is 22.5. The first-order valence-corrected chi connectivity index (χ1v) is 9.86. The van der Waals surface area contributed by atoms with Gasteiger partial charge in [-0.1, -0.05) is 29.8 Å². The number of halogens is 2. The molecule has 1 saturated heterocycles. The van der Waals surface area contributed by atoms with Crippen LogP contribution in [0.3, 0.4) is 0 Å². The van der Waals surface area contributed by atoms with Gasteiger partial charge in [0.15, 0.2) is 0 Å². The quantitative estimate of drug-likeness (QED) is 0.749. The molecule has 0 spiro atoms. The van der Waals surface area contributed by atoms with Crippen LogP contribution in [0.15, 0.2) is 41.3 Å². The Morgan fingerprint density at radius 2 is 2.11 bits per heavy atom. The van der Waals surface area contributed by atoms with E-state index in [4.69, 9.17) is 11.6 Å². The molecule has 2 aromatic rings. The molecule has 0 saturated carbocycles. The highest BCUT2D eigenvalue weighted by molar-refractivity contribution is 6.31. The zero-order valence-electron chi connectivity index (χ0n) is 16.0. The Labute approximate surface area is 176 Å². The molecular weight excluding hydrogens is 397 g/mol. The summed E-state index contributed by atoms with van der Waals surface area (Å²) in [6.07, 6.45) is 4.65. The third-order valence-electron chi connectivity index (χ3n) is 5.09. The fraction of sp³-hybridized carbons (Fsp3) is 0.429. The maximum atomic E-state index is 12.9. The summed E-state index contributed by atoms with van der Waals surface area (Å²) in [5.74, 6) is 0.107. The van der Waals surface area contributed by atoms with Crippen molar-refractivity contribution in [3.8, 4) is 0 Å². The summed E-state index contributed by atoms with van der Waals surface area (Å²) in [7, 11) is 0. The summed E-state index contributed by atoms with van der Waals surface area (Å²) in [6, 6.07) is 9.41. The Bertz CT molecular complexity index is 861. The number of carbonyl (C=O) groups excluding carboxylic acids is 1. The van der Waals surface area contributed by atoms with E-state index >= 15 is 0 Å². The largest absolute Gasteiger partial charge is 0.352 e. The van der Waals surface area contributed by atoms with E-state index in [9.17, 15) is 9.59 Å². The van der Waals surface area contributed by atoms with Crippen molar-refractivity contribution in [2.75, 3.05) is 19.6 Å². The van der Waals surface area contributed by atoms with Gasteiger partial charge in [-0.15, -0.1) is 12.4 Å². The van der Waals surface area contributed by atoms with Crippen LogP contribution in [0.5, 0.6) is 0 Å². The van der Waals surface area contributed by atoms with Gasteiger partial charge in [0.2, 0.25) is 0 Å². The maximum absolute atomic E-state index is 12.9. The molecule has 1 aliphatic heterocycles. The molecule has 0 aliphatic carbocycles. The van der Waals surface area contributed by atoms with Crippen molar-refractivity contribution in [2.24, 2.45) is 5.92 Å². The average molecular weight is 424 g/mol. The summed E-state index contributed by atoms with van der Waals surface area (Å²) in [5.41, 5.74) is 1.70. The Morgan fingerprint density at radius 1 is 1.32 bits per heavy atom. The number of aromatic nitrogens is 1. The summed E-state index contributed by atoms with van der Waals surface area (Å²) >= 11 is 6.15. The molecular formula is C21H27Cl2N3O2. The molecule has 1 unspecified atom stereocenters. The Kier molecular flexibility index (Phi) is 8.55. The molecule has 1 fully saturated rings. The van der Waals surface area contributed by atoms with Gasteiger partial charge < -0.3 is 15.2 Å². The van der Waals surface area contributed by atoms with E-state index in [1.165, 1.54) is 0 Å². The van der Waals surface area contributed by atoms with Crippen LogP contribution in [-0.2, 0) is 13.0 Å². The minimum absolute atomic E-state index is 0. The Hall–Kier alpha value is -1.82. The molecule has 1 aliphatic rings. The summed E-state index contributed by atoms with van der Waals surface area (Å²) in [4.78, 5) is 25.5. The number of nitrogens with zero attached hydrogens (tertiary/aromatic N) is 1. The molecule has 1 atom stereocenters. The third-order valence-corrected chi connectivity index (χ3v) is 5.46. The van der Waals surface area contributed by atoms with Crippen molar-refractivity contribution in [1.82, 2.24) is 15.2 Å². The van der Waals surface area contributed by atoms with Crippen molar-refractivity contribution in [2.45, 2.75) is 32.7 Å². The first-order valence-electron chi connectivity index (χ1n) is 9.48. The lowest BCUT2D eigenvalue weighted by atomic mass is 9.99. The van der Waals surface area contributed by atoms with Crippen LogP contribution in [0.25, 0.3) is 0 Å². The molecule has 152 valence electrons. The van der Waals surface area contributed by atoms with Crippen molar-refractivity contribution in [3.63, 3.8) is 0 Å². The van der Waals surface area contributed by atoms with E-state index in [1.54, 1.807) is 17.7 Å².